The predicted octanol–water partition coefficient (Wildman–Crippen LogP) is 13.8. The topological polar surface area (TPSA) is 33.5 Å². The zero-order valence-electron chi connectivity index (χ0n) is 33.3. The summed E-state index contributed by atoms with van der Waals surface area (Å²) >= 11 is 0. The summed E-state index contributed by atoms with van der Waals surface area (Å²) in [5.41, 5.74) is 12.9. The molecule has 0 radical (unpaired) electrons. The number of rotatable bonds is 6. The third kappa shape index (κ3) is 6.37. The van der Waals surface area contributed by atoms with Gasteiger partial charge in [-0.3, -0.25) is 4.57 Å². The van der Waals surface area contributed by atoms with Crippen molar-refractivity contribution < 1.29 is 4.74 Å². The fraction of sp³-hybridized carbons (Fsp3) is 0.196. The van der Waals surface area contributed by atoms with E-state index in [1.165, 1.54) is 50.1 Å². The Morgan fingerprint density at radius 1 is 0.536 bits per heavy atom. The largest absolute Gasteiger partial charge is 0.457 e. The van der Waals surface area contributed by atoms with Gasteiger partial charge in [-0.05, 0) is 101 Å². The van der Waals surface area contributed by atoms with E-state index < -0.39 is 0 Å². The maximum Gasteiger partial charge on any atom is 0.137 e. The second-order valence-electron chi connectivity index (χ2n) is 17.1. The summed E-state index contributed by atoms with van der Waals surface area (Å²) in [5, 5.41) is 2.36. The first-order chi connectivity index (χ1) is 26.9. The summed E-state index contributed by atoms with van der Waals surface area (Å²) in [6.45, 7) is 16.4. The molecule has 0 fully saturated rings. The Hall–Kier alpha value is -6.33. The highest BCUT2D eigenvalue weighted by Crippen LogP contribution is 2.48. The maximum absolute atomic E-state index is 6.79. The number of nitrogens with zero attached hydrogens (tertiary/aromatic N) is 4. The lowest BCUT2D eigenvalue weighted by atomic mass is 9.85. The van der Waals surface area contributed by atoms with Gasteiger partial charge in [-0.2, -0.15) is 0 Å². The van der Waals surface area contributed by atoms with Crippen molar-refractivity contribution in [3.63, 3.8) is 0 Å². The highest BCUT2D eigenvalue weighted by atomic mass is 16.5. The third-order valence-corrected chi connectivity index (χ3v) is 11.1. The summed E-state index contributed by atoms with van der Waals surface area (Å²) in [5.74, 6) is 2.48. The SMILES string of the molecule is Cc1cc(Oc2ccc3c4ccccc4n(-c4cc(C(C)(C)C)ccn4)c3c2)cc(N2CN(c3cc(C(C)(C)C)ccc3-c3ccccc3)c3ccccc32)c1. The molecule has 3 heterocycles. The van der Waals surface area contributed by atoms with Crippen LogP contribution in [0, 0.1) is 6.92 Å². The molecule has 0 bridgehead atoms. The van der Waals surface area contributed by atoms with Crippen LogP contribution in [0.4, 0.5) is 22.7 Å². The number of hydrogen-bond donors (Lipinski definition) is 0. The number of ether oxygens (including phenoxy) is 1. The quantitative estimate of drug-likeness (QED) is 0.170. The van der Waals surface area contributed by atoms with E-state index in [0.717, 1.165) is 39.6 Å². The minimum absolute atomic E-state index is 0.00112. The van der Waals surface area contributed by atoms with Gasteiger partial charge in [-0.15, -0.1) is 0 Å². The number of para-hydroxylation sites is 3. The Bertz CT molecular complexity index is 2750. The van der Waals surface area contributed by atoms with Crippen LogP contribution in [0.2, 0.25) is 0 Å². The van der Waals surface area contributed by atoms with Crippen LogP contribution in [0.25, 0.3) is 38.8 Å². The van der Waals surface area contributed by atoms with Crippen molar-refractivity contribution in [2.75, 3.05) is 16.5 Å². The standard InChI is InChI=1S/C51H48N4O/c1-34-27-38(53-33-54(46-20-14-13-19-45(46)53)47-29-36(50(2,3)4)21-23-41(47)35-15-9-8-10-16-35)31-40(28-34)56-39-22-24-43-42-17-11-12-18-44(42)55(48(43)32-39)49-30-37(25-26-52-49)51(5,6)7/h8-32H,33H2,1-7H3. The Morgan fingerprint density at radius 2 is 1.21 bits per heavy atom. The summed E-state index contributed by atoms with van der Waals surface area (Å²) in [6, 6.07) is 52.3. The summed E-state index contributed by atoms with van der Waals surface area (Å²) in [4.78, 5) is 9.74. The molecule has 1 aliphatic rings. The molecule has 0 saturated carbocycles. The molecule has 56 heavy (non-hydrogen) atoms. The molecule has 5 heteroatoms. The Labute approximate surface area is 330 Å². The highest BCUT2D eigenvalue weighted by Gasteiger charge is 2.31. The van der Waals surface area contributed by atoms with E-state index in [1.807, 2.05) is 6.20 Å². The summed E-state index contributed by atoms with van der Waals surface area (Å²) < 4.78 is 9.05. The molecule has 8 aromatic rings. The molecule has 1 aliphatic heterocycles. The van der Waals surface area contributed by atoms with E-state index in [9.17, 15) is 0 Å². The van der Waals surface area contributed by atoms with E-state index in [2.05, 4.69) is 208 Å². The Balaban J connectivity index is 1.10. The first-order valence-corrected chi connectivity index (χ1v) is 19.6. The Kier molecular flexibility index (Phi) is 8.50. The van der Waals surface area contributed by atoms with Crippen LogP contribution in [0.3, 0.4) is 0 Å². The Morgan fingerprint density at radius 3 is 1.98 bits per heavy atom. The monoisotopic (exact) mass is 732 g/mol. The first-order valence-electron chi connectivity index (χ1n) is 19.6. The number of hydrogen-bond acceptors (Lipinski definition) is 4. The molecule has 6 aromatic carbocycles. The number of anilines is 4. The van der Waals surface area contributed by atoms with Gasteiger partial charge in [0.2, 0.25) is 0 Å². The van der Waals surface area contributed by atoms with Gasteiger partial charge in [0.1, 0.15) is 24.0 Å². The fourth-order valence-electron chi connectivity index (χ4n) is 8.07. The molecule has 0 unspecified atom stereocenters. The molecular weight excluding hydrogens is 685 g/mol. The zero-order valence-corrected chi connectivity index (χ0v) is 33.3. The van der Waals surface area contributed by atoms with E-state index in [1.54, 1.807) is 0 Å². The van der Waals surface area contributed by atoms with Crippen LogP contribution in [-0.2, 0) is 10.8 Å². The molecule has 0 N–H and O–H groups in total. The minimum Gasteiger partial charge on any atom is -0.457 e. The van der Waals surface area contributed by atoms with Crippen LogP contribution in [0.15, 0.2) is 152 Å². The van der Waals surface area contributed by atoms with Gasteiger partial charge in [0, 0.05) is 40.4 Å². The lowest BCUT2D eigenvalue weighted by molar-refractivity contribution is 0.483. The summed E-state index contributed by atoms with van der Waals surface area (Å²) in [7, 11) is 0. The highest BCUT2D eigenvalue weighted by molar-refractivity contribution is 6.09. The lowest BCUT2D eigenvalue weighted by Crippen LogP contribution is -2.25. The molecule has 278 valence electrons. The molecule has 0 atom stereocenters. The average Bonchev–Trinajstić information content (AvgIpc) is 3.73. The van der Waals surface area contributed by atoms with Crippen molar-refractivity contribution in [2.24, 2.45) is 0 Å². The van der Waals surface area contributed by atoms with Gasteiger partial charge < -0.3 is 14.5 Å². The van der Waals surface area contributed by atoms with Gasteiger partial charge in [-0.1, -0.05) is 114 Å². The zero-order chi connectivity index (χ0) is 38.8. The van der Waals surface area contributed by atoms with Crippen LogP contribution in [0.5, 0.6) is 11.5 Å². The van der Waals surface area contributed by atoms with Crippen LogP contribution < -0.4 is 14.5 Å². The molecule has 5 nitrogen and oxygen atoms in total. The maximum atomic E-state index is 6.79. The lowest BCUT2D eigenvalue weighted by Gasteiger charge is -2.28. The first kappa shape index (κ1) is 35.4. The predicted molar refractivity (Wildman–Crippen MR) is 235 cm³/mol. The number of aromatic nitrogens is 2. The van der Waals surface area contributed by atoms with Gasteiger partial charge in [0.05, 0.1) is 28.1 Å². The summed E-state index contributed by atoms with van der Waals surface area (Å²) in [6.07, 6.45) is 1.92. The molecular formula is C51H48N4O. The average molecular weight is 733 g/mol. The second-order valence-corrected chi connectivity index (χ2v) is 17.1. The minimum atomic E-state index is 0.00112. The van der Waals surface area contributed by atoms with E-state index in [0.29, 0.717) is 6.67 Å². The molecule has 0 amide bonds. The smallest absolute Gasteiger partial charge is 0.137 e. The third-order valence-electron chi connectivity index (χ3n) is 11.1. The van der Waals surface area contributed by atoms with E-state index in [-0.39, 0.29) is 10.8 Å². The second kappa shape index (κ2) is 13.5. The van der Waals surface area contributed by atoms with Crippen LogP contribution in [-0.4, -0.2) is 16.2 Å². The van der Waals surface area contributed by atoms with Crippen molar-refractivity contribution in [2.45, 2.75) is 59.3 Å². The number of pyridine rings is 1. The van der Waals surface area contributed by atoms with Gasteiger partial charge in [0.15, 0.2) is 0 Å². The van der Waals surface area contributed by atoms with Crippen LogP contribution >= 0.6 is 0 Å². The molecule has 0 aliphatic carbocycles. The van der Waals surface area contributed by atoms with Gasteiger partial charge in [-0.25, -0.2) is 4.98 Å². The normalized spacial score (nSPS) is 13.1. The number of fused-ring (bicyclic) bond motifs is 4. The van der Waals surface area contributed by atoms with Crippen molar-refractivity contribution in [3.8, 4) is 28.4 Å². The van der Waals surface area contributed by atoms with Gasteiger partial charge >= 0.3 is 0 Å². The fourth-order valence-corrected chi connectivity index (χ4v) is 8.07. The van der Waals surface area contributed by atoms with Gasteiger partial charge in [0.25, 0.3) is 0 Å². The molecule has 2 aromatic heterocycles. The number of benzene rings is 6. The molecule has 0 spiro atoms. The van der Waals surface area contributed by atoms with E-state index in [4.69, 9.17) is 9.72 Å². The van der Waals surface area contributed by atoms with Crippen molar-refractivity contribution in [1.82, 2.24) is 9.55 Å². The molecule has 9 rings (SSSR count). The van der Waals surface area contributed by atoms with Crippen LogP contribution in [0.1, 0.15) is 58.2 Å². The van der Waals surface area contributed by atoms with Crippen molar-refractivity contribution in [1.29, 1.82) is 0 Å². The van der Waals surface area contributed by atoms with E-state index >= 15 is 0 Å². The van der Waals surface area contributed by atoms with Crippen molar-refractivity contribution in [3.05, 3.63) is 168 Å². The number of aryl methyl sites for hydroxylation is 1. The van der Waals surface area contributed by atoms with Crippen molar-refractivity contribution >= 4 is 44.6 Å². The molecule has 0 saturated heterocycles.